The normalized spacial score (nSPS) is 15.2. The van der Waals surface area contributed by atoms with Gasteiger partial charge in [-0.3, -0.25) is 9.69 Å². The van der Waals surface area contributed by atoms with Crippen molar-refractivity contribution in [1.29, 1.82) is 0 Å². The number of aryl methyl sites for hydroxylation is 1. The number of imidazole rings is 1. The second-order valence-electron chi connectivity index (χ2n) is 9.31. The van der Waals surface area contributed by atoms with E-state index in [1.807, 2.05) is 51.1 Å². The number of nitrogens with zero attached hydrogens (tertiary/aromatic N) is 4. The molecule has 1 N–H and O–H groups in total. The van der Waals surface area contributed by atoms with Gasteiger partial charge in [0, 0.05) is 27.5 Å². The number of aromatic amines is 1. The first-order valence-corrected chi connectivity index (χ1v) is 12.3. The molecule has 5 rings (SSSR count). The summed E-state index contributed by atoms with van der Waals surface area (Å²) in [5.41, 5.74) is 3.56. The van der Waals surface area contributed by atoms with Crippen LogP contribution in [0.2, 0.25) is 10.0 Å². The molecule has 1 unspecified atom stereocenters. The van der Waals surface area contributed by atoms with Gasteiger partial charge in [0.25, 0.3) is 5.91 Å². The van der Waals surface area contributed by atoms with Crippen LogP contribution in [0.15, 0.2) is 48.7 Å². The Morgan fingerprint density at radius 3 is 2.46 bits per heavy atom. The average molecular weight is 538 g/mol. The third-order valence-corrected chi connectivity index (χ3v) is 7.14. The number of halogens is 2. The molecule has 1 amide bonds. The van der Waals surface area contributed by atoms with Crippen molar-refractivity contribution < 1.29 is 14.3 Å². The van der Waals surface area contributed by atoms with Gasteiger partial charge in [0.15, 0.2) is 5.69 Å². The van der Waals surface area contributed by atoms with Gasteiger partial charge in [-0.1, -0.05) is 35.3 Å². The fraction of sp³-hybridized carbons (Fsp3) is 0.259. The monoisotopic (exact) mass is 537 g/mol. The Labute approximate surface area is 224 Å². The van der Waals surface area contributed by atoms with Crippen molar-refractivity contribution in [2.75, 3.05) is 19.1 Å². The van der Waals surface area contributed by atoms with Gasteiger partial charge in [0.1, 0.15) is 11.9 Å². The van der Waals surface area contributed by atoms with Crippen LogP contribution in [-0.2, 0) is 5.41 Å². The molecule has 2 aromatic carbocycles. The molecule has 2 aromatic heterocycles. The summed E-state index contributed by atoms with van der Waals surface area (Å²) in [6.07, 6.45) is 1.65. The van der Waals surface area contributed by atoms with Gasteiger partial charge in [-0.05, 0) is 62.2 Å². The largest absolute Gasteiger partial charge is 0.481 e. The lowest BCUT2D eigenvalue weighted by atomic mass is 9.85. The van der Waals surface area contributed by atoms with E-state index in [4.69, 9.17) is 37.7 Å². The predicted molar refractivity (Wildman–Crippen MR) is 142 cm³/mol. The van der Waals surface area contributed by atoms with E-state index in [1.54, 1.807) is 23.2 Å². The van der Waals surface area contributed by atoms with E-state index in [1.165, 1.54) is 14.2 Å². The van der Waals surface area contributed by atoms with Gasteiger partial charge in [0.05, 0.1) is 25.3 Å². The molecule has 0 spiro atoms. The number of hydrogen-bond acceptors (Lipinski definition) is 6. The number of hydrogen-bond donors (Lipinski definition) is 1. The van der Waals surface area contributed by atoms with Crippen LogP contribution in [0.3, 0.4) is 0 Å². The molecule has 190 valence electrons. The second kappa shape index (κ2) is 9.36. The van der Waals surface area contributed by atoms with Crippen LogP contribution in [0.25, 0.3) is 0 Å². The van der Waals surface area contributed by atoms with Crippen molar-refractivity contribution in [3.05, 3.63) is 92.6 Å². The number of ether oxygens (including phenoxy) is 2. The van der Waals surface area contributed by atoms with Crippen LogP contribution in [0.1, 0.15) is 58.6 Å². The maximum Gasteiger partial charge on any atom is 0.319 e. The molecular formula is C27H25Cl2N5O3. The number of amides is 1. The van der Waals surface area contributed by atoms with Crippen LogP contribution in [0.4, 0.5) is 5.69 Å². The number of H-pyrrole nitrogens is 1. The van der Waals surface area contributed by atoms with Gasteiger partial charge in [-0.2, -0.15) is 4.98 Å². The van der Waals surface area contributed by atoms with E-state index in [0.29, 0.717) is 44.4 Å². The summed E-state index contributed by atoms with van der Waals surface area (Å²) in [7, 11) is 3.03. The molecule has 1 aliphatic rings. The predicted octanol–water partition coefficient (Wildman–Crippen LogP) is 5.91. The molecule has 4 aromatic rings. The van der Waals surface area contributed by atoms with E-state index in [0.717, 1.165) is 11.1 Å². The third kappa shape index (κ3) is 4.20. The minimum atomic E-state index is -0.720. The Balaban J connectivity index is 1.66. The van der Waals surface area contributed by atoms with Crippen LogP contribution < -0.4 is 14.4 Å². The van der Waals surface area contributed by atoms with Crippen molar-refractivity contribution in [3.63, 3.8) is 0 Å². The Bertz CT molecular complexity index is 1520. The zero-order chi connectivity index (χ0) is 26.5. The minimum absolute atomic E-state index is 0.198. The Kier molecular flexibility index (Phi) is 6.33. The Morgan fingerprint density at radius 2 is 1.78 bits per heavy atom. The maximum atomic E-state index is 13.9. The lowest BCUT2D eigenvalue weighted by molar-refractivity contribution is 0.0989. The van der Waals surface area contributed by atoms with Crippen molar-refractivity contribution in [3.8, 4) is 11.9 Å². The number of carbonyl (C=O) groups is 1. The molecule has 10 heteroatoms. The first-order chi connectivity index (χ1) is 17.6. The maximum absolute atomic E-state index is 13.9. The third-order valence-electron chi connectivity index (χ3n) is 6.67. The quantitative estimate of drug-likeness (QED) is 0.328. The number of nitrogens with one attached hydrogen (secondary N) is 1. The zero-order valence-electron chi connectivity index (χ0n) is 21.0. The fourth-order valence-electron chi connectivity index (χ4n) is 4.70. The number of fused-ring (bicyclic) bond motifs is 1. The molecule has 0 radical (unpaired) electrons. The molecule has 3 heterocycles. The van der Waals surface area contributed by atoms with Gasteiger partial charge in [-0.15, -0.1) is 0 Å². The molecular weight excluding hydrogens is 513 g/mol. The number of methoxy groups -OCH3 is 2. The van der Waals surface area contributed by atoms with Crippen LogP contribution in [0, 0.1) is 6.92 Å². The molecule has 0 aliphatic carbocycles. The number of rotatable bonds is 6. The fourth-order valence-corrected chi connectivity index (χ4v) is 5.11. The molecule has 37 heavy (non-hydrogen) atoms. The van der Waals surface area contributed by atoms with Crippen molar-refractivity contribution in [1.82, 2.24) is 19.9 Å². The van der Waals surface area contributed by atoms with Crippen LogP contribution in [0.5, 0.6) is 11.9 Å². The van der Waals surface area contributed by atoms with Gasteiger partial charge < -0.3 is 14.5 Å². The summed E-state index contributed by atoms with van der Waals surface area (Å²) >= 11 is 12.6. The standard InChI is InChI=1S/C27H25Cl2N5O3/c1-14-11-16(29)9-10-18(14)22-20-21(24(35)34(22)17-8-6-7-15(28)12-17)32-25(31-20)27(2,3)19-13-30-26(37-5)33-23(19)36-4/h6-13,22H,1-5H3,(H,31,32). The number of anilines is 1. The molecule has 1 atom stereocenters. The first kappa shape index (κ1) is 25.0. The zero-order valence-corrected chi connectivity index (χ0v) is 22.5. The first-order valence-electron chi connectivity index (χ1n) is 11.6. The van der Waals surface area contributed by atoms with Crippen molar-refractivity contribution in [2.45, 2.75) is 32.2 Å². The molecule has 0 saturated carbocycles. The van der Waals surface area contributed by atoms with Crippen molar-refractivity contribution in [2.24, 2.45) is 0 Å². The van der Waals surface area contributed by atoms with Gasteiger partial charge in [0.2, 0.25) is 5.88 Å². The average Bonchev–Trinajstić information content (AvgIpc) is 3.43. The molecule has 0 saturated heterocycles. The summed E-state index contributed by atoms with van der Waals surface area (Å²) in [5.74, 6) is 0.721. The molecule has 0 bridgehead atoms. The minimum Gasteiger partial charge on any atom is -0.481 e. The highest BCUT2D eigenvalue weighted by atomic mass is 35.5. The summed E-state index contributed by atoms with van der Waals surface area (Å²) in [6, 6.07) is 12.6. The van der Waals surface area contributed by atoms with E-state index in [2.05, 4.69) is 15.0 Å². The number of benzene rings is 2. The SMILES string of the molecule is COc1ncc(C(C)(C)c2nc3c([nH]2)C(c2ccc(Cl)cc2C)N(c2cccc(Cl)c2)C3=O)c(OC)n1. The number of aromatic nitrogens is 4. The van der Waals surface area contributed by atoms with E-state index in [-0.39, 0.29) is 11.9 Å². The van der Waals surface area contributed by atoms with Crippen LogP contribution >= 0.6 is 23.2 Å². The van der Waals surface area contributed by atoms with E-state index >= 15 is 0 Å². The number of carbonyl (C=O) groups excluding carboxylic acids is 1. The van der Waals surface area contributed by atoms with Crippen LogP contribution in [-0.4, -0.2) is 40.1 Å². The smallest absolute Gasteiger partial charge is 0.319 e. The molecule has 0 fully saturated rings. The Morgan fingerprint density at radius 1 is 1.03 bits per heavy atom. The summed E-state index contributed by atoms with van der Waals surface area (Å²) < 4.78 is 10.7. The Hall–Kier alpha value is -3.62. The second-order valence-corrected chi connectivity index (χ2v) is 10.2. The lowest BCUT2D eigenvalue weighted by Crippen LogP contribution is -2.31. The molecule has 8 nitrogen and oxygen atoms in total. The van der Waals surface area contributed by atoms with Gasteiger partial charge in [-0.25, -0.2) is 9.97 Å². The summed E-state index contributed by atoms with van der Waals surface area (Å²) in [4.78, 5) is 32.4. The molecule has 1 aliphatic heterocycles. The summed E-state index contributed by atoms with van der Waals surface area (Å²) in [5, 5.41) is 1.16. The highest BCUT2D eigenvalue weighted by Gasteiger charge is 2.44. The van der Waals surface area contributed by atoms with Gasteiger partial charge >= 0.3 is 6.01 Å². The highest BCUT2D eigenvalue weighted by molar-refractivity contribution is 6.31. The van der Waals surface area contributed by atoms with Crippen molar-refractivity contribution >= 4 is 34.8 Å². The summed E-state index contributed by atoms with van der Waals surface area (Å²) in [6.45, 7) is 5.91. The van der Waals surface area contributed by atoms with E-state index < -0.39 is 11.5 Å². The van der Waals surface area contributed by atoms with E-state index in [9.17, 15) is 4.79 Å². The topological polar surface area (TPSA) is 93.2 Å². The highest BCUT2D eigenvalue weighted by Crippen LogP contribution is 2.44. The lowest BCUT2D eigenvalue weighted by Gasteiger charge is -2.28.